The highest BCUT2D eigenvalue weighted by Gasteiger charge is 2.52. The number of fused-ring (bicyclic) bond motifs is 2. The molecule has 7 heteroatoms. The summed E-state index contributed by atoms with van der Waals surface area (Å²) < 4.78 is 5.62. The van der Waals surface area contributed by atoms with E-state index in [1.165, 1.54) is 0 Å². The Kier molecular flexibility index (Phi) is 6.41. The molecule has 5 unspecified atom stereocenters. The van der Waals surface area contributed by atoms with Crippen molar-refractivity contribution < 1.29 is 23.9 Å². The van der Waals surface area contributed by atoms with E-state index in [1.807, 2.05) is 57.2 Å². The number of hydrogen-bond donors (Lipinski definition) is 0. The van der Waals surface area contributed by atoms with Crippen molar-refractivity contribution in [2.45, 2.75) is 71.6 Å². The predicted octanol–water partition coefficient (Wildman–Crippen LogP) is 3.26. The van der Waals surface area contributed by atoms with Crippen molar-refractivity contribution in [3.8, 4) is 0 Å². The van der Waals surface area contributed by atoms with Crippen molar-refractivity contribution in [2.75, 3.05) is 4.90 Å². The molecular formula is C26H32N2O5. The number of anilines is 1. The van der Waals surface area contributed by atoms with Crippen molar-refractivity contribution in [1.82, 2.24) is 4.90 Å². The zero-order chi connectivity index (χ0) is 23.9. The van der Waals surface area contributed by atoms with Gasteiger partial charge in [-0.15, -0.1) is 0 Å². The number of para-hydroxylation sites is 1. The number of imide groups is 1. The number of rotatable bonds is 6. The first-order chi connectivity index (χ1) is 15.7. The van der Waals surface area contributed by atoms with Crippen LogP contribution >= 0.6 is 0 Å². The van der Waals surface area contributed by atoms with E-state index in [9.17, 15) is 19.2 Å². The third-order valence-corrected chi connectivity index (χ3v) is 6.91. The van der Waals surface area contributed by atoms with Crippen LogP contribution in [0.1, 0.15) is 52.5 Å². The number of benzene rings is 1. The molecule has 0 bridgehead atoms. The lowest BCUT2D eigenvalue weighted by Crippen LogP contribution is -2.49. The van der Waals surface area contributed by atoms with Crippen LogP contribution in [0, 0.1) is 17.8 Å². The number of amides is 3. The van der Waals surface area contributed by atoms with Crippen LogP contribution < -0.4 is 4.90 Å². The number of nitrogens with zero attached hydrogens (tertiary/aromatic N) is 2. The maximum Gasteiger partial charge on any atom is 0.330 e. The minimum absolute atomic E-state index is 0.0418. The molecule has 3 amide bonds. The SMILES string of the molecule is CC(C)CC(C(=O)OC(C)C(=O)N1c2ccccc2CC1C)N1C(=O)C2CC=CCC2C1=O. The minimum Gasteiger partial charge on any atom is -0.451 e. The second-order valence-corrected chi connectivity index (χ2v) is 9.82. The highest BCUT2D eigenvalue weighted by atomic mass is 16.5. The number of hydrogen-bond acceptors (Lipinski definition) is 5. The summed E-state index contributed by atoms with van der Waals surface area (Å²) in [6, 6.07) is 6.65. The van der Waals surface area contributed by atoms with Gasteiger partial charge in [0.2, 0.25) is 11.8 Å². The number of esters is 1. The normalized spacial score (nSPS) is 25.8. The number of allylic oxidation sites excluding steroid dienone is 2. The van der Waals surface area contributed by atoms with E-state index in [1.54, 1.807) is 11.8 Å². The van der Waals surface area contributed by atoms with Crippen LogP contribution in [0.4, 0.5) is 5.69 Å². The Morgan fingerprint density at radius 1 is 1.03 bits per heavy atom. The Morgan fingerprint density at radius 3 is 2.24 bits per heavy atom. The molecule has 1 aromatic rings. The van der Waals surface area contributed by atoms with Crippen molar-refractivity contribution in [3.63, 3.8) is 0 Å². The van der Waals surface area contributed by atoms with Gasteiger partial charge in [0, 0.05) is 11.7 Å². The zero-order valence-corrected chi connectivity index (χ0v) is 19.7. The number of carbonyl (C=O) groups excluding carboxylic acids is 4. The largest absolute Gasteiger partial charge is 0.451 e. The maximum atomic E-state index is 13.3. The number of likely N-dealkylation sites (tertiary alicyclic amines) is 1. The van der Waals surface area contributed by atoms with Gasteiger partial charge in [-0.25, -0.2) is 4.79 Å². The van der Waals surface area contributed by atoms with Crippen LogP contribution in [-0.2, 0) is 30.3 Å². The van der Waals surface area contributed by atoms with E-state index in [0.29, 0.717) is 19.3 Å². The molecule has 4 rings (SSSR count). The third-order valence-electron chi connectivity index (χ3n) is 6.91. The average molecular weight is 453 g/mol. The summed E-state index contributed by atoms with van der Waals surface area (Å²) in [5, 5.41) is 0. The fourth-order valence-corrected chi connectivity index (χ4v) is 5.29. The summed E-state index contributed by atoms with van der Waals surface area (Å²) in [6.07, 6.45) is 4.87. The summed E-state index contributed by atoms with van der Waals surface area (Å²) >= 11 is 0. The van der Waals surface area contributed by atoms with E-state index in [-0.39, 0.29) is 29.7 Å². The van der Waals surface area contributed by atoms with Gasteiger partial charge in [-0.1, -0.05) is 44.2 Å². The molecule has 33 heavy (non-hydrogen) atoms. The van der Waals surface area contributed by atoms with Gasteiger partial charge in [-0.05, 0) is 57.1 Å². The van der Waals surface area contributed by atoms with E-state index in [2.05, 4.69) is 0 Å². The van der Waals surface area contributed by atoms with Gasteiger partial charge in [0.25, 0.3) is 5.91 Å². The van der Waals surface area contributed by atoms with E-state index >= 15 is 0 Å². The highest BCUT2D eigenvalue weighted by Crippen LogP contribution is 2.37. The van der Waals surface area contributed by atoms with E-state index in [0.717, 1.165) is 22.6 Å². The summed E-state index contributed by atoms with van der Waals surface area (Å²) in [5.74, 6) is -2.38. The van der Waals surface area contributed by atoms with Crippen LogP contribution in [0.25, 0.3) is 0 Å². The number of carbonyl (C=O) groups is 4. The Hall–Kier alpha value is -2.96. The molecule has 0 radical (unpaired) electrons. The van der Waals surface area contributed by atoms with Crippen molar-refractivity contribution in [1.29, 1.82) is 0 Å². The van der Waals surface area contributed by atoms with Gasteiger partial charge < -0.3 is 9.64 Å². The summed E-state index contributed by atoms with van der Waals surface area (Å²) in [6.45, 7) is 7.37. The van der Waals surface area contributed by atoms with E-state index < -0.39 is 30.0 Å². The lowest BCUT2D eigenvalue weighted by molar-refractivity contribution is -0.165. The van der Waals surface area contributed by atoms with Crippen LogP contribution in [0.15, 0.2) is 36.4 Å². The lowest BCUT2D eigenvalue weighted by atomic mass is 9.85. The molecule has 0 aromatic heterocycles. The van der Waals surface area contributed by atoms with Crippen LogP contribution in [0.5, 0.6) is 0 Å². The first-order valence-corrected chi connectivity index (χ1v) is 11.8. The van der Waals surface area contributed by atoms with Gasteiger partial charge in [0.1, 0.15) is 6.04 Å². The second kappa shape index (κ2) is 9.12. The summed E-state index contributed by atoms with van der Waals surface area (Å²) in [4.78, 5) is 55.5. The topological polar surface area (TPSA) is 84.0 Å². The molecule has 1 fully saturated rings. The van der Waals surface area contributed by atoms with Gasteiger partial charge >= 0.3 is 5.97 Å². The second-order valence-electron chi connectivity index (χ2n) is 9.82. The molecule has 2 heterocycles. The molecule has 0 N–H and O–H groups in total. The Labute approximate surface area is 194 Å². The van der Waals surface area contributed by atoms with E-state index in [4.69, 9.17) is 4.74 Å². The van der Waals surface area contributed by atoms with Crippen molar-refractivity contribution >= 4 is 29.4 Å². The van der Waals surface area contributed by atoms with Crippen molar-refractivity contribution in [3.05, 3.63) is 42.0 Å². The van der Waals surface area contributed by atoms with Crippen LogP contribution in [-0.4, -0.2) is 46.8 Å². The standard InChI is InChI=1S/C26H32N2O5/c1-15(2)13-22(28-24(30)19-10-6-7-11-20(19)25(28)31)26(32)33-17(4)23(29)27-16(3)14-18-9-5-8-12-21(18)27/h5-9,12,15-17,19-20,22H,10-11,13-14H2,1-4H3. The van der Waals surface area contributed by atoms with Gasteiger partial charge in [0.15, 0.2) is 6.10 Å². The van der Waals surface area contributed by atoms with Gasteiger partial charge in [-0.3, -0.25) is 19.3 Å². The third kappa shape index (κ3) is 4.21. The molecule has 3 aliphatic rings. The minimum atomic E-state index is -1.03. The summed E-state index contributed by atoms with van der Waals surface area (Å²) in [5.41, 5.74) is 1.91. The Bertz CT molecular complexity index is 974. The highest BCUT2D eigenvalue weighted by molar-refractivity contribution is 6.08. The average Bonchev–Trinajstić information content (AvgIpc) is 3.24. The molecule has 0 spiro atoms. The molecule has 176 valence electrons. The molecule has 0 saturated carbocycles. The van der Waals surface area contributed by atoms with Crippen LogP contribution in [0.3, 0.4) is 0 Å². The van der Waals surface area contributed by atoms with Crippen molar-refractivity contribution in [2.24, 2.45) is 17.8 Å². The molecule has 1 aromatic carbocycles. The quantitative estimate of drug-likeness (QED) is 0.376. The maximum absolute atomic E-state index is 13.3. The first kappa shape index (κ1) is 23.2. The fraction of sp³-hybridized carbons (Fsp3) is 0.538. The summed E-state index contributed by atoms with van der Waals surface area (Å²) in [7, 11) is 0. The molecule has 2 aliphatic heterocycles. The van der Waals surface area contributed by atoms with Gasteiger partial charge in [-0.2, -0.15) is 0 Å². The Morgan fingerprint density at radius 2 is 1.64 bits per heavy atom. The number of ether oxygens (including phenoxy) is 1. The van der Waals surface area contributed by atoms with Crippen LogP contribution in [0.2, 0.25) is 0 Å². The predicted molar refractivity (Wildman–Crippen MR) is 123 cm³/mol. The first-order valence-electron chi connectivity index (χ1n) is 11.8. The fourth-order valence-electron chi connectivity index (χ4n) is 5.29. The monoisotopic (exact) mass is 452 g/mol. The Balaban J connectivity index is 1.51. The molecule has 1 saturated heterocycles. The molecule has 7 nitrogen and oxygen atoms in total. The molecular weight excluding hydrogens is 420 g/mol. The molecule has 5 atom stereocenters. The zero-order valence-electron chi connectivity index (χ0n) is 19.7. The lowest BCUT2D eigenvalue weighted by Gasteiger charge is -2.29. The van der Waals surface area contributed by atoms with Gasteiger partial charge in [0.05, 0.1) is 11.8 Å². The smallest absolute Gasteiger partial charge is 0.330 e. The molecule has 1 aliphatic carbocycles.